The van der Waals surface area contributed by atoms with E-state index in [2.05, 4.69) is 5.32 Å². The molecule has 27 heavy (non-hydrogen) atoms. The molecular formula is C18H21F3N2O3S. The van der Waals surface area contributed by atoms with Gasteiger partial charge in [-0.3, -0.25) is 4.79 Å². The Bertz CT molecular complexity index is 672. The summed E-state index contributed by atoms with van der Waals surface area (Å²) in [6.45, 7) is -0.290. The van der Waals surface area contributed by atoms with Crippen molar-refractivity contribution in [3.8, 4) is 0 Å². The first-order valence-corrected chi connectivity index (χ1v) is 9.85. The molecule has 0 aliphatic carbocycles. The third-order valence-corrected chi connectivity index (χ3v) is 6.14. The van der Waals surface area contributed by atoms with Gasteiger partial charge in [0.15, 0.2) is 0 Å². The zero-order chi connectivity index (χ0) is 19.4. The first-order valence-electron chi connectivity index (χ1n) is 8.80. The summed E-state index contributed by atoms with van der Waals surface area (Å²) in [6, 6.07) is 8.21. The van der Waals surface area contributed by atoms with Gasteiger partial charge in [-0.05, 0) is 30.6 Å². The maximum atomic E-state index is 13.1. The number of amides is 2. The number of thioether (sulfide) groups is 1. The number of nitrogens with zero attached hydrogens (tertiary/aromatic N) is 1. The summed E-state index contributed by atoms with van der Waals surface area (Å²) in [5.41, 5.74) is 0.805. The van der Waals surface area contributed by atoms with Gasteiger partial charge in [-0.1, -0.05) is 30.3 Å². The summed E-state index contributed by atoms with van der Waals surface area (Å²) in [6.07, 6.45) is -4.36. The average Bonchev–Trinajstić information content (AvgIpc) is 2.79. The van der Waals surface area contributed by atoms with Crippen LogP contribution in [0.25, 0.3) is 0 Å². The number of ether oxygens (including phenoxy) is 1. The van der Waals surface area contributed by atoms with Crippen LogP contribution < -0.4 is 5.32 Å². The van der Waals surface area contributed by atoms with Gasteiger partial charge in [0.05, 0.1) is 11.3 Å². The number of benzene rings is 1. The average molecular weight is 402 g/mol. The minimum absolute atomic E-state index is 0.0299. The lowest BCUT2D eigenvalue weighted by molar-refractivity contribution is -0.189. The summed E-state index contributed by atoms with van der Waals surface area (Å²) >= 11 is 1.47. The molecule has 3 atom stereocenters. The van der Waals surface area contributed by atoms with Crippen molar-refractivity contribution in [1.82, 2.24) is 10.2 Å². The first kappa shape index (κ1) is 19.9. The van der Waals surface area contributed by atoms with E-state index in [0.29, 0.717) is 18.6 Å². The second-order valence-corrected chi connectivity index (χ2v) is 7.96. The number of piperidine rings is 1. The van der Waals surface area contributed by atoms with Gasteiger partial charge in [-0.25, -0.2) is 4.79 Å². The van der Waals surface area contributed by atoms with Crippen molar-refractivity contribution in [2.75, 3.05) is 12.3 Å². The fraction of sp³-hybridized carbons (Fsp3) is 0.556. The van der Waals surface area contributed by atoms with E-state index >= 15 is 0 Å². The molecule has 1 aromatic carbocycles. The molecule has 2 fully saturated rings. The van der Waals surface area contributed by atoms with Crippen LogP contribution in [0.2, 0.25) is 0 Å². The Morgan fingerprint density at radius 3 is 2.67 bits per heavy atom. The predicted octanol–water partition coefficient (Wildman–Crippen LogP) is 3.55. The number of alkyl carbamates (subject to hydrolysis) is 1. The monoisotopic (exact) mass is 402 g/mol. The molecule has 0 aromatic heterocycles. The SMILES string of the molecule is O=C(NC1CCSC2CC[C@@H](C(F)(F)F)CN2C1=O)OCc1ccccc1. The van der Waals surface area contributed by atoms with E-state index in [1.54, 1.807) is 12.1 Å². The fourth-order valence-electron chi connectivity index (χ4n) is 3.30. The van der Waals surface area contributed by atoms with Crippen molar-refractivity contribution in [3.05, 3.63) is 35.9 Å². The Labute approximate surface area is 159 Å². The van der Waals surface area contributed by atoms with Gasteiger partial charge in [-0.2, -0.15) is 13.2 Å². The van der Waals surface area contributed by atoms with Crippen molar-refractivity contribution in [2.24, 2.45) is 5.92 Å². The Morgan fingerprint density at radius 2 is 1.96 bits per heavy atom. The van der Waals surface area contributed by atoms with Crippen LogP contribution in [0, 0.1) is 5.92 Å². The molecule has 148 valence electrons. The molecular weight excluding hydrogens is 381 g/mol. The van der Waals surface area contributed by atoms with Crippen LogP contribution in [-0.2, 0) is 16.1 Å². The van der Waals surface area contributed by atoms with Crippen molar-refractivity contribution < 1.29 is 27.5 Å². The second-order valence-electron chi connectivity index (χ2n) is 6.68. The molecule has 2 aliphatic heterocycles. The number of carbonyl (C=O) groups excluding carboxylic acids is 2. The number of halogens is 3. The molecule has 0 spiro atoms. The third-order valence-electron chi connectivity index (χ3n) is 4.79. The van der Waals surface area contributed by atoms with E-state index < -0.39 is 30.1 Å². The minimum Gasteiger partial charge on any atom is -0.445 e. The maximum Gasteiger partial charge on any atom is 0.408 e. The highest BCUT2D eigenvalue weighted by Crippen LogP contribution is 2.39. The number of fused-ring (bicyclic) bond motifs is 1. The second kappa shape index (κ2) is 8.41. The summed E-state index contributed by atoms with van der Waals surface area (Å²) < 4.78 is 44.3. The van der Waals surface area contributed by atoms with E-state index in [9.17, 15) is 22.8 Å². The van der Waals surface area contributed by atoms with E-state index in [1.165, 1.54) is 16.7 Å². The van der Waals surface area contributed by atoms with Crippen LogP contribution in [0.1, 0.15) is 24.8 Å². The van der Waals surface area contributed by atoms with Gasteiger partial charge in [0.1, 0.15) is 12.6 Å². The molecule has 2 aliphatic rings. The Hall–Kier alpha value is -1.90. The van der Waals surface area contributed by atoms with Crippen LogP contribution in [-0.4, -0.2) is 46.8 Å². The topological polar surface area (TPSA) is 58.6 Å². The van der Waals surface area contributed by atoms with Gasteiger partial charge >= 0.3 is 12.3 Å². The van der Waals surface area contributed by atoms with E-state index in [4.69, 9.17) is 4.74 Å². The largest absolute Gasteiger partial charge is 0.445 e. The van der Waals surface area contributed by atoms with Crippen LogP contribution in [0.3, 0.4) is 0 Å². The highest BCUT2D eigenvalue weighted by molar-refractivity contribution is 7.99. The van der Waals surface area contributed by atoms with Gasteiger partial charge < -0.3 is 15.0 Å². The number of carbonyl (C=O) groups is 2. The van der Waals surface area contributed by atoms with Crippen molar-refractivity contribution in [3.63, 3.8) is 0 Å². The molecule has 2 heterocycles. The number of rotatable bonds is 3. The van der Waals surface area contributed by atoms with Crippen molar-refractivity contribution in [2.45, 2.75) is 43.5 Å². The molecule has 2 amide bonds. The van der Waals surface area contributed by atoms with Crippen LogP contribution in [0.5, 0.6) is 0 Å². The Morgan fingerprint density at radius 1 is 1.22 bits per heavy atom. The van der Waals surface area contributed by atoms with Crippen LogP contribution in [0.4, 0.5) is 18.0 Å². The van der Waals surface area contributed by atoms with Gasteiger partial charge in [0.25, 0.3) is 0 Å². The molecule has 0 bridgehead atoms. The number of nitrogens with one attached hydrogen (secondary N) is 1. The molecule has 0 radical (unpaired) electrons. The zero-order valence-electron chi connectivity index (χ0n) is 14.6. The highest BCUT2D eigenvalue weighted by atomic mass is 32.2. The standard InChI is InChI=1S/C18H21F3N2O3S/c19-18(20,21)13-6-7-15-23(10-13)16(24)14(8-9-27-15)22-17(25)26-11-12-4-2-1-3-5-12/h1-5,13-15H,6-11H2,(H,22,25)/t13-,14?,15?/m1/s1. The Kier molecular flexibility index (Phi) is 6.18. The lowest BCUT2D eigenvalue weighted by Crippen LogP contribution is -2.54. The quantitative estimate of drug-likeness (QED) is 0.840. The molecule has 1 N–H and O–H groups in total. The summed E-state index contributed by atoms with van der Waals surface area (Å²) in [4.78, 5) is 26.1. The van der Waals surface area contributed by atoms with E-state index in [0.717, 1.165) is 5.56 Å². The molecule has 0 saturated carbocycles. The van der Waals surface area contributed by atoms with Crippen molar-refractivity contribution in [1.29, 1.82) is 0 Å². The van der Waals surface area contributed by atoms with Gasteiger partial charge in [0.2, 0.25) is 5.91 Å². The number of alkyl halides is 3. The third kappa shape index (κ3) is 5.09. The van der Waals surface area contributed by atoms with Gasteiger partial charge in [-0.15, -0.1) is 11.8 Å². The van der Waals surface area contributed by atoms with Gasteiger partial charge in [0, 0.05) is 6.54 Å². The van der Waals surface area contributed by atoms with Crippen LogP contribution >= 0.6 is 11.8 Å². The summed E-state index contributed by atoms with van der Waals surface area (Å²) in [7, 11) is 0. The Balaban J connectivity index is 1.59. The molecule has 2 saturated heterocycles. The normalized spacial score (nSPS) is 26.1. The zero-order valence-corrected chi connectivity index (χ0v) is 15.4. The number of hydrogen-bond acceptors (Lipinski definition) is 4. The number of hydrogen-bond donors (Lipinski definition) is 1. The molecule has 1 aromatic rings. The van der Waals surface area contributed by atoms with E-state index in [-0.39, 0.29) is 24.9 Å². The highest BCUT2D eigenvalue weighted by Gasteiger charge is 2.47. The predicted molar refractivity (Wildman–Crippen MR) is 94.9 cm³/mol. The van der Waals surface area contributed by atoms with E-state index in [1.807, 2.05) is 18.2 Å². The molecule has 5 nitrogen and oxygen atoms in total. The van der Waals surface area contributed by atoms with Crippen molar-refractivity contribution >= 4 is 23.8 Å². The first-order chi connectivity index (χ1) is 12.8. The maximum absolute atomic E-state index is 13.1. The molecule has 2 unspecified atom stereocenters. The summed E-state index contributed by atoms with van der Waals surface area (Å²) in [5, 5.41) is 2.26. The van der Waals surface area contributed by atoms with Crippen LogP contribution in [0.15, 0.2) is 30.3 Å². The molecule has 9 heteroatoms. The lowest BCUT2D eigenvalue weighted by atomic mass is 9.96. The lowest BCUT2D eigenvalue weighted by Gasteiger charge is -2.39. The minimum atomic E-state index is -4.32. The smallest absolute Gasteiger partial charge is 0.408 e. The fourth-order valence-corrected chi connectivity index (χ4v) is 4.62. The summed E-state index contributed by atoms with van der Waals surface area (Å²) in [5.74, 6) is -1.38. The molecule has 3 rings (SSSR count).